The molecule has 1 aromatic heterocycles. The van der Waals surface area contributed by atoms with Crippen LogP contribution in [0, 0.1) is 24.7 Å². The van der Waals surface area contributed by atoms with Crippen LogP contribution < -0.4 is 0 Å². The largest absolute Gasteiger partial charge is 0.490 e. The van der Waals surface area contributed by atoms with Gasteiger partial charge in [-0.2, -0.15) is 26.3 Å². The number of carbonyl (C=O) groups excluding carboxylic acids is 1. The van der Waals surface area contributed by atoms with Crippen molar-refractivity contribution in [3.05, 3.63) is 29.6 Å². The molecule has 0 aliphatic carbocycles. The van der Waals surface area contributed by atoms with Crippen molar-refractivity contribution in [2.24, 2.45) is 17.8 Å². The van der Waals surface area contributed by atoms with Crippen molar-refractivity contribution in [2.45, 2.75) is 25.8 Å². The molecule has 220 valence electrons. The molecule has 0 spiro atoms. The molecular formula is C23H29F6N3O7. The molecule has 1 aromatic rings. The van der Waals surface area contributed by atoms with Gasteiger partial charge >= 0.3 is 24.3 Å². The number of alkyl halides is 6. The van der Waals surface area contributed by atoms with Crippen LogP contribution in [0.4, 0.5) is 26.3 Å². The third kappa shape index (κ3) is 10.3. The lowest BCUT2D eigenvalue weighted by Crippen LogP contribution is -2.49. The maximum Gasteiger partial charge on any atom is 0.490 e. The first kappa shape index (κ1) is 32.2. The van der Waals surface area contributed by atoms with Crippen molar-refractivity contribution < 1.29 is 60.4 Å². The number of carbonyl (C=O) groups is 3. The van der Waals surface area contributed by atoms with E-state index < -0.39 is 24.3 Å². The highest BCUT2D eigenvalue weighted by atomic mass is 19.4. The van der Waals surface area contributed by atoms with E-state index in [-0.39, 0.29) is 11.8 Å². The molecule has 3 aliphatic heterocycles. The van der Waals surface area contributed by atoms with Gasteiger partial charge in [0, 0.05) is 38.4 Å². The number of nitrogens with zero attached hydrogens (tertiary/aromatic N) is 3. The zero-order valence-corrected chi connectivity index (χ0v) is 20.9. The van der Waals surface area contributed by atoms with Gasteiger partial charge in [0.2, 0.25) is 5.91 Å². The molecule has 10 nitrogen and oxygen atoms in total. The number of aromatic nitrogens is 1. The van der Waals surface area contributed by atoms with Crippen LogP contribution in [0.3, 0.4) is 0 Å². The topological polar surface area (TPSA) is 130 Å². The van der Waals surface area contributed by atoms with E-state index in [0.717, 1.165) is 37.6 Å². The Kier molecular flexibility index (Phi) is 11.5. The molecule has 0 radical (unpaired) electrons. The fraction of sp³-hybridized carbons (Fsp3) is 0.652. The Morgan fingerprint density at radius 1 is 0.949 bits per heavy atom. The van der Waals surface area contributed by atoms with Gasteiger partial charge in [0.05, 0.1) is 38.0 Å². The Balaban J connectivity index is 0.000000317. The fourth-order valence-electron chi connectivity index (χ4n) is 4.41. The predicted molar refractivity (Wildman–Crippen MR) is 120 cm³/mol. The van der Waals surface area contributed by atoms with E-state index in [4.69, 9.17) is 29.3 Å². The van der Waals surface area contributed by atoms with Crippen LogP contribution in [0.2, 0.25) is 0 Å². The molecule has 16 heteroatoms. The molecule has 1 amide bonds. The third-order valence-corrected chi connectivity index (χ3v) is 6.17. The number of likely N-dealkylation sites (tertiary alicyclic amines) is 1. The fourth-order valence-corrected chi connectivity index (χ4v) is 4.41. The standard InChI is InChI=1S/C19H27N3O3.2C2HF3O2/c1-14-3-2-4-16(20-14)10-21-9-15-12-25-13-18(17(15)11-21)19(23)22-5-7-24-8-6-22;2*3-2(4,5)1(6)7/h2-4,15,17-18H,5-13H2,1H3;2*(H,6,7)/t15-,17-,18-;;/m1../s1. The first-order chi connectivity index (χ1) is 18.1. The van der Waals surface area contributed by atoms with Gasteiger partial charge in [-0.3, -0.25) is 14.7 Å². The normalized spacial score (nSPS) is 23.5. The van der Waals surface area contributed by atoms with E-state index in [0.29, 0.717) is 44.7 Å². The molecule has 4 heterocycles. The Morgan fingerprint density at radius 3 is 2.03 bits per heavy atom. The van der Waals surface area contributed by atoms with E-state index in [1.54, 1.807) is 0 Å². The van der Waals surface area contributed by atoms with Gasteiger partial charge in [-0.05, 0) is 30.9 Å². The lowest BCUT2D eigenvalue weighted by molar-refractivity contribution is -0.193. The third-order valence-electron chi connectivity index (χ3n) is 6.17. The van der Waals surface area contributed by atoms with E-state index in [1.165, 1.54) is 0 Å². The number of rotatable bonds is 3. The zero-order chi connectivity index (χ0) is 29.4. The number of hydrogen-bond acceptors (Lipinski definition) is 7. The first-order valence-corrected chi connectivity index (χ1v) is 11.8. The second-order valence-corrected chi connectivity index (χ2v) is 9.08. The predicted octanol–water partition coefficient (Wildman–Crippen LogP) is 2.21. The van der Waals surface area contributed by atoms with Crippen LogP contribution in [0.25, 0.3) is 0 Å². The highest BCUT2D eigenvalue weighted by Crippen LogP contribution is 2.35. The molecule has 3 fully saturated rings. The van der Waals surface area contributed by atoms with Crippen molar-refractivity contribution in [2.75, 3.05) is 52.6 Å². The number of pyridine rings is 1. The highest BCUT2D eigenvalue weighted by Gasteiger charge is 2.45. The maximum atomic E-state index is 13.0. The minimum absolute atomic E-state index is 0.00711. The SMILES string of the molecule is Cc1cccc(CN2C[C@@H]3COC[C@@H](C(=O)N4CCOCC4)[C@@H]3C2)n1.O=C(O)C(F)(F)F.O=C(O)C(F)(F)F. The van der Waals surface area contributed by atoms with Crippen molar-refractivity contribution in [1.29, 1.82) is 0 Å². The van der Waals surface area contributed by atoms with Crippen LogP contribution >= 0.6 is 0 Å². The van der Waals surface area contributed by atoms with Crippen molar-refractivity contribution in [3.8, 4) is 0 Å². The second kappa shape index (κ2) is 13.9. The van der Waals surface area contributed by atoms with E-state index in [9.17, 15) is 31.1 Å². The molecule has 0 aromatic carbocycles. The van der Waals surface area contributed by atoms with E-state index >= 15 is 0 Å². The molecular weight excluding hydrogens is 544 g/mol. The summed E-state index contributed by atoms with van der Waals surface area (Å²) in [6.07, 6.45) is -10.2. The highest BCUT2D eigenvalue weighted by molar-refractivity contribution is 5.79. The van der Waals surface area contributed by atoms with Gasteiger partial charge in [0.1, 0.15) is 0 Å². The Bertz CT molecular complexity index is 962. The number of carboxylic acids is 2. The minimum atomic E-state index is -5.08. The number of hydrogen-bond donors (Lipinski definition) is 2. The van der Waals surface area contributed by atoms with Crippen molar-refractivity contribution >= 4 is 17.8 Å². The number of halogens is 6. The van der Waals surface area contributed by atoms with E-state index in [1.807, 2.05) is 17.9 Å². The van der Waals surface area contributed by atoms with Gasteiger partial charge in [0.15, 0.2) is 0 Å². The average molecular weight is 573 g/mol. The van der Waals surface area contributed by atoms with Crippen molar-refractivity contribution in [3.63, 3.8) is 0 Å². The summed E-state index contributed by atoms with van der Waals surface area (Å²) in [5, 5.41) is 14.2. The summed E-state index contributed by atoms with van der Waals surface area (Å²) in [6, 6.07) is 6.18. The van der Waals surface area contributed by atoms with Gasteiger partial charge in [-0.15, -0.1) is 0 Å². The smallest absolute Gasteiger partial charge is 0.475 e. The zero-order valence-electron chi connectivity index (χ0n) is 20.9. The van der Waals surface area contributed by atoms with Crippen LogP contribution in [0.5, 0.6) is 0 Å². The average Bonchev–Trinajstić information content (AvgIpc) is 3.26. The monoisotopic (exact) mass is 573 g/mol. The number of carboxylic acid groups (broad SMARTS) is 2. The summed E-state index contributed by atoms with van der Waals surface area (Å²) in [4.78, 5) is 39.8. The number of morpholine rings is 1. The number of ether oxygens (including phenoxy) is 2. The van der Waals surface area contributed by atoms with Crippen LogP contribution in [-0.2, 0) is 30.4 Å². The minimum Gasteiger partial charge on any atom is -0.475 e. The quantitative estimate of drug-likeness (QED) is 0.523. The maximum absolute atomic E-state index is 13.0. The lowest BCUT2D eigenvalue weighted by atomic mass is 9.82. The molecule has 0 saturated carbocycles. The summed E-state index contributed by atoms with van der Waals surface area (Å²) in [5.41, 5.74) is 2.16. The molecule has 39 heavy (non-hydrogen) atoms. The molecule has 4 rings (SSSR count). The van der Waals surface area contributed by atoms with Gasteiger partial charge in [0.25, 0.3) is 0 Å². The molecule has 3 atom stereocenters. The number of aliphatic carboxylic acids is 2. The van der Waals surface area contributed by atoms with Crippen molar-refractivity contribution in [1.82, 2.24) is 14.8 Å². The van der Waals surface area contributed by atoms with E-state index in [2.05, 4.69) is 22.0 Å². The second-order valence-electron chi connectivity index (χ2n) is 9.08. The number of amides is 1. The van der Waals surface area contributed by atoms with Gasteiger partial charge in [-0.25, -0.2) is 9.59 Å². The summed E-state index contributed by atoms with van der Waals surface area (Å²) in [5.74, 6) is -4.41. The molecule has 0 unspecified atom stereocenters. The molecule has 3 saturated heterocycles. The van der Waals surface area contributed by atoms with Crippen LogP contribution in [0.15, 0.2) is 18.2 Å². The summed E-state index contributed by atoms with van der Waals surface area (Å²) < 4.78 is 74.7. The molecule has 3 aliphatic rings. The number of fused-ring (bicyclic) bond motifs is 1. The molecule has 0 bridgehead atoms. The Morgan fingerprint density at radius 2 is 1.51 bits per heavy atom. The first-order valence-electron chi connectivity index (χ1n) is 11.8. The summed E-state index contributed by atoms with van der Waals surface area (Å²) in [7, 11) is 0. The number of aryl methyl sites for hydroxylation is 1. The lowest BCUT2D eigenvalue weighted by Gasteiger charge is -2.36. The summed E-state index contributed by atoms with van der Waals surface area (Å²) >= 11 is 0. The van der Waals surface area contributed by atoms with Crippen LogP contribution in [-0.4, -0.2) is 108 Å². The Labute approximate surface area is 219 Å². The van der Waals surface area contributed by atoms with Gasteiger partial charge < -0.3 is 24.6 Å². The molecule has 2 N–H and O–H groups in total. The Hall–Kier alpha value is -2.98. The summed E-state index contributed by atoms with van der Waals surface area (Å²) in [6.45, 7) is 8.90. The van der Waals surface area contributed by atoms with Crippen LogP contribution in [0.1, 0.15) is 11.4 Å². The van der Waals surface area contributed by atoms with Gasteiger partial charge in [-0.1, -0.05) is 6.07 Å².